The van der Waals surface area contributed by atoms with Crippen LogP contribution in [-0.2, 0) is 22.1 Å². The lowest BCUT2D eigenvalue weighted by Crippen LogP contribution is -2.28. The number of aromatic nitrogens is 1. The van der Waals surface area contributed by atoms with E-state index in [1.54, 1.807) is 56.8 Å². The molecule has 0 radical (unpaired) electrons. The molecule has 1 aromatic heterocycles. The molecule has 0 atom stereocenters. The van der Waals surface area contributed by atoms with Crippen LogP contribution >= 0.6 is 0 Å². The van der Waals surface area contributed by atoms with Crippen LogP contribution in [0.5, 0.6) is 0 Å². The second-order valence-corrected chi connectivity index (χ2v) is 9.34. The third kappa shape index (κ3) is 6.14. The maximum absolute atomic E-state index is 12.8. The molecule has 0 aliphatic rings. The third-order valence-corrected chi connectivity index (χ3v) is 6.29. The van der Waals surface area contributed by atoms with Gasteiger partial charge in [0.25, 0.3) is 5.91 Å². The fraction of sp³-hybridized carbons (Fsp3) is 0.174. The quantitative estimate of drug-likeness (QED) is 0.573. The number of carbonyl (C=O) groups is 2. The number of benzene rings is 2. The fourth-order valence-corrected chi connectivity index (χ4v) is 4.30. The zero-order valence-electron chi connectivity index (χ0n) is 17.8. The van der Waals surface area contributed by atoms with Crippen LogP contribution in [0.2, 0.25) is 0 Å². The molecule has 0 fully saturated rings. The number of anilines is 1. The predicted octanol–water partition coefficient (Wildman–Crippen LogP) is 3.08. The molecule has 3 rings (SSSR count). The lowest BCUT2D eigenvalue weighted by atomic mass is 10.1. The summed E-state index contributed by atoms with van der Waals surface area (Å²) in [6.45, 7) is 0.321. The van der Waals surface area contributed by atoms with Crippen LogP contribution in [0.3, 0.4) is 0 Å². The summed E-state index contributed by atoms with van der Waals surface area (Å²) in [6.07, 6.45) is 3.31. The highest BCUT2D eigenvalue weighted by Gasteiger charge is 2.17. The van der Waals surface area contributed by atoms with E-state index in [4.69, 9.17) is 0 Å². The number of carbonyl (C=O) groups excluding carboxylic acids is 2. The number of nitrogens with zero attached hydrogens (tertiary/aromatic N) is 2. The zero-order valence-corrected chi connectivity index (χ0v) is 18.6. The molecule has 32 heavy (non-hydrogen) atoms. The van der Waals surface area contributed by atoms with Crippen LogP contribution in [0.1, 0.15) is 21.5 Å². The maximum Gasteiger partial charge on any atom is 0.319 e. The van der Waals surface area contributed by atoms with Crippen molar-refractivity contribution in [3.8, 4) is 0 Å². The molecule has 166 valence electrons. The molecular formula is C23H24N4O4S. The molecule has 0 bridgehead atoms. The first-order valence-electron chi connectivity index (χ1n) is 9.82. The molecule has 0 aliphatic carbocycles. The van der Waals surface area contributed by atoms with Crippen molar-refractivity contribution in [2.75, 3.05) is 19.4 Å². The molecule has 0 saturated heterocycles. The van der Waals surface area contributed by atoms with E-state index in [1.165, 1.54) is 29.2 Å². The van der Waals surface area contributed by atoms with Gasteiger partial charge in [0.15, 0.2) is 9.84 Å². The molecule has 8 nitrogen and oxygen atoms in total. The van der Waals surface area contributed by atoms with E-state index < -0.39 is 15.9 Å². The van der Waals surface area contributed by atoms with Crippen molar-refractivity contribution in [2.24, 2.45) is 0 Å². The predicted molar refractivity (Wildman–Crippen MR) is 122 cm³/mol. The Morgan fingerprint density at radius 2 is 1.69 bits per heavy atom. The van der Waals surface area contributed by atoms with Gasteiger partial charge in [-0.15, -0.1) is 0 Å². The number of rotatable bonds is 7. The first-order chi connectivity index (χ1) is 15.2. The number of pyridine rings is 1. The van der Waals surface area contributed by atoms with Gasteiger partial charge in [-0.2, -0.15) is 0 Å². The number of urea groups is 1. The summed E-state index contributed by atoms with van der Waals surface area (Å²) in [5.74, 6) is -0.429. The summed E-state index contributed by atoms with van der Waals surface area (Å²) < 4.78 is 25.6. The van der Waals surface area contributed by atoms with Crippen molar-refractivity contribution in [1.29, 1.82) is 0 Å². The highest BCUT2D eigenvalue weighted by atomic mass is 32.2. The summed E-state index contributed by atoms with van der Waals surface area (Å²) in [5.41, 5.74) is 2.28. The third-order valence-electron chi connectivity index (χ3n) is 4.58. The Hall–Kier alpha value is -3.72. The second-order valence-electron chi connectivity index (χ2n) is 7.35. The van der Waals surface area contributed by atoms with Gasteiger partial charge >= 0.3 is 6.03 Å². The van der Waals surface area contributed by atoms with Crippen LogP contribution in [0.4, 0.5) is 10.5 Å². The molecule has 9 heteroatoms. The zero-order chi connectivity index (χ0) is 23.1. The van der Waals surface area contributed by atoms with Crippen molar-refractivity contribution >= 4 is 27.5 Å². The highest BCUT2D eigenvalue weighted by molar-refractivity contribution is 7.90. The summed E-state index contributed by atoms with van der Waals surface area (Å²) in [7, 11) is -0.349. The van der Waals surface area contributed by atoms with E-state index in [2.05, 4.69) is 15.6 Å². The topological polar surface area (TPSA) is 108 Å². The van der Waals surface area contributed by atoms with Crippen molar-refractivity contribution in [2.45, 2.75) is 17.2 Å². The molecule has 2 aromatic carbocycles. The van der Waals surface area contributed by atoms with E-state index >= 15 is 0 Å². The summed E-state index contributed by atoms with van der Waals surface area (Å²) in [6, 6.07) is 15.7. The van der Waals surface area contributed by atoms with Gasteiger partial charge in [0.2, 0.25) is 0 Å². The normalized spacial score (nSPS) is 10.9. The number of hydrogen-bond donors (Lipinski definition) is 2. The van der Waals surface area contributed by atoms with Gasteiger partial charge in [-0.05, 0) is 53.6 Å². The number of sulfone groups is 1. The SMILES string of the molecule is CN(C)C(=O)c1cccc(CS(=O)(=O)c2ccc(NC(=O)NCc3cccnc3)cc2)c1. The van der Waals surface area contributed by atoms with Crippen LogP contribution < -0.4 is 10.6 Å². The molecule has 0 spiro atoms. The Bertz CT molecular complexity index is 1190. The van der Waals surface area contributed by atoms with Crippen LogP contribution in [-0.4, -0.2) is 44.3 Å². The first-order valence-corrected chi connectivity index (χ1v) is 11.5. The maximum atomic E-state index is 12.8. The Kier molecular flexibility index (Phi) is 7.21. The Labute approximate surface area is 187 Å². The summed E-state index contributed by atoms with van der Waals surface area (Å²) in [5, 5.41) is 5.37. The van der Waals surface area contributed by atoms with Crippen LogP contribution in [0.15, 0.2) is 78.0 Å². The Morgan fingerprint density at radius 1 is 0.969 bits per heavy atom. The summed E-state index contributed by atoms with van der Waals surface area (Å²) in [4.78, 5) is 29.7. The number of amides is 3. The smallest absolute Gasteiger partial charge is 0.319 e. The van der Waals surface area contributed by atoms with Gasteiger partial charge in [-0.3, -0.25) is 9.78 Å². The van der Waals surface area contributed by atoms with Gasteiger partial charge in [0.05, 0.1) is 10.6 Å². The molecule has 3 aromatic rings. The van der Waals surface area contributed by atoms with Gasteiger partial charge in [0, 0.05) is 44.3 Å². The number of nitrogens with one attached hydrogen (secondary N) is 2. The number of hydrogen-bond acceptors (Lipinski definition) is 5. The molecule has 3 amide bonds. The minimum absolute atomic E-state index is 0.128. The van der Waals surface area contributed by atoms with E-state index in [1.807, 2.05) is 6.07 Å². The minimum atomic E-state index is -3.63. The Morgan fingerprint density at radius 3 is 2.34 bits per heavy atom. The standard InChI is InChI=1S/C23H24N4O4S/c1-27(2)22(28)19-7-3-5-17(13-19)16-32(30,31)21-10-8-20(9-11-21)26-23(29)25-15-18-6-4-12-24-14-18/h3-14H,15-16H2,1-2H3,(H2,25,26,29). The molecule has 2 N–H and O–H groups in total. The molecule has 1 heterocycles. The molecule has 0 saturated carbocycles. The van der Waals surface area contributed by atoms with Crippen molar-refractivity contribution < 1.29 is 18.0 Å². The van der Waals surface area contributed by atoms with E-state index in [0.29, 0.717) is 23.4 Å². The lowest BCUT2D eigenvalue weighted by molar-refractivity contribution is 0.0827. The van der Waals surface area contributed by atoms with Gasteiger partial charge in [-0.25, -0.2) is 13.2 Å². The lowest BCUT2D eigenvalue weighted by Gasteiger charge is -2.12. The monoisotopic (exact) mass is 452 g/mol. The average molecular weight is 453 g/mol. The molecule has 0 unspecified atom stereocenters. The van der Waals surface area contributed by atoms with Gasteiger partial charge < -0.3 is 15.5 Å². The van der Waals surface area contributed by atoms with Crippen molar-refractivity contribution in [1.82, 2.24) is 15.2 Å². The Balaban J connectivity index is 1.62. The van der Waals surface area contributed by atoms with Crippen molar-refractivity contribution in [3.63, 3.8) is 0 Å². The average Bonchev–Trinajstić information content (AvgIpc) is 2.78. The first kappa shape index (κ1) is 23.0. The highest BCUT2D eigenvalue weighted by Crippen LogP contribution is 2.20. The van der Waals surface area contributed by atoms with Crippen molar-refractivity contribution in [3.05, 3.63) is 89.7 Å². The van der Waals surface area contributed by atoms with E-state index in [0.717, 1.165) is 5.56 Å². The second kappa shape index (κ2) is 10.1. The largest absolute Gasteiger partial charge is 0.345 e. The summed E-state index contributed by atoms with van der Waals surface area (Å²) >= 11 is 0. The van der Waals surface area contributed by atoms with Gasteiger partial charge in [-0.1, -0.05) is 18.2 Å². The van der Waals surface area contributed by atoms with E-state index in [9.17, 15) is 18.0 Å². The molecule has 0 aliphatic heterocycles. The van der Waals surface area contributed by atoms with Crippen LogP contribution in [0, 0.1) is 0 Å². The van der Waals surface area contributed by atoms with Crippen LogP contribution in [0.25, 0.3) is 0 Å². The van der Waals surface area contributed by atoms with E-state index in [-0.39, 0.29) is 16.6 Å². The molecular weight excluding hydrogens is 428 g/mol. The van der Waals surface area contributed by atoms with Gasteiger partial charge in [0.1, 0.15) is 0 Å². The fourth-order valence-electron chi connectivity index (χ4n) is 2.96. The minimum Gasteiger partial charge on any atom is -0.345 e.